The Balaban J connectivity index is 3.72. The third kappa shape index (κ3) is 9.70. The molecule has 0 bridgehead atoms. The van der Waals surface area contributed by atoms with Crippen LogP contribution >= 0.6 is 0 Å². The molecule has 0 radical (unpaired) electrons. The topological polar surface area (TPSA) is 18.5 Å². The Labute approximate surface area is 94.0 Å². The molecule has 0 N–H and O–H groups in total. The van der Waals surface area contributed by atoms with E-state index in [2.05, 4.69) is 19.1 Å². The van der Waals surface area contributed by atoms with Crippen LogP contribution in [0.1, 0.15) is 40.0 Å². The van der Waals surface area contributed by atoms with Gasteiger partial charge in [0.25, 0.3) is 0 Å². The van der Waals surface area contributed by atoms with Gasteiger partial charge in [0, 0.05) is 13.2 Å². The number of hydrogen-bond acceptors (Lipinski definition) is 2. The molecule has 0 amide bonds. The number of unbranched alkanes of at least 4 members (excludes halogenated alkanes) is 2. The first-order valence-electron chi connectivity index (χ1n) is 5.91. The molecule has 0 saturated carbocycles. The molecular formula is C13H24O2. The molecule has 0 heterocycles. The fraction of sp³-hybridized carbons (Fsp3) is 0.692. The average Bonchev–Trinajstić information content (AvgIpc) is 2.24. The van der Waals surface area contributed by atoms with Gasteiger partial charge in [0.15, 0.2) is 6.29 Å². The molecule has 0 aliphatic heterocycles. The molecule has 2 nitrogen and oxygen atoms in total. The number of hydrogen-bond donors (Lipinski definition) is 0. The molecule has 0 aliphatic carbocycles. The fourth-order valence-electron chi connectivity index (χ4n) is 1.14. The first-order valence-corrected chi connectivity index (χ1v) is 5.91. The average molecular weight is 212 g/mol. The van der Waals surface area contributed by atoms with Crippen LogP contribution in [0.2, 0.25) is 0 Å². The van der Waals surface area contributed by atoms with Gasteiger partial charge in [-0.25, -0.2) is 0 Å². The zero-order chi connectivity index (χ0) is 11.4. The predicted octanol–water partition coefficient (Wildman–Crippen LogP) is 3.69. The Hall–Kier alpha value is -0.600. The van der Waals surface area contributed by atoms with Crippen LogP contribution in [0.15, 0.2) is 24.3 Å². The molecule has 2 heteroatoms. The zero-order valence-electron chi connectivity index (χ0n) is 10.2. The normalized spacial score (nSPS) is 12.3. The Morgan fingerprint density at radius 2 is 1.67 bits per heavy atom. The molecule has 88 valence electrons. The van der Waals surface area contributed by atoms with E-state index in [1.165, 1.54) is 12.8 Å². The summed E-state index contributed by atoms with van der Waals surface area (Å²) in [7, 11) is 0. The summed E-state index contributed by atoms with van der Waals surface area (Å²) in [5.74, 6) is 0. The number of rotatable bonds is 9. The highest BCUT2D eigenvalue weighted by Gasteiger charge is 1.99. The lowest BCUT2D eigenvalue weighted by Crippen LogP contribution is -2.13. The molecule has 0 spiro atoms. The Kier molecular flexibility index (Phi) is 11.0. The highest BCUT2D eigenvalue weighted by Crippen LogP contribution is 1.99. The fourth-order valence-corrected chi connectivity index (χ4v) is 1.14. The van der Waals surface area contributed by atoms with Crippen LogP contribution in [0.3, 0.4) is 0 Å². The van der Waals surface area contributed by atoms with Crippen molar-refractivity contribution in [2.24, 2.45) is 0 Å². The van der Waals surface area contributed by atoms with Gasteiger partial charge in [-0.05, 0) is 26.3 Å². The van der Waals surface area contributed by atoms with Gasteiger partial charge < -0.3 is 9.47 Å². The molecule has 0 atom stereocenters. The van der Waals surface area contributed by atoms with Gasteiger partial charge in [-0.3, -0.25) is 0 Å². The van der Waals surface area contributed by atoms with E-state index in [0.29, 0.717) is 13.2 Å². The van der Waals surface area contributed by atoms with Crippen molar-refractivity contribution in [3.8, 4) is 0 Å². The minimum atomic E-state index is -0.198. The highest BCUT2D eigenvalue weighted by atomic mass is 16.7. The van der Waals surface area contributed by atoms with E-state index in [9.17, 15) is 0 Å². The van der Waals surface area contributed by atoms with Crippen molar-refractivity contribution in [2.75, 3.05) is 13.2 Å². The van der Waals surface area contributed by atoms with E-state index in [0.717, 1.165) is 6.42 Å². The maximum Gasteiger partial charge on any atom is 0.177 e. The van der Waals surface area contributed by atoms with Crippen LogP contribution in [-0.4, -0.2) is 19.5 Å². The van der Waals surface area contributed by atoms with Crippen LogP contribution in [0.4, 0.5) is 0 Å². The molecule has 15 heavy (non-hydrogen) atoms. The monoisotopic (exact) mass is 212 g/mol. The lowest BCUT2D eigenvalue weighted by Gasteiger charge is -2.11. The minimum absolute atomic E-state index is 0.198. The first kappa shape index (κ1) is 14.4. The van der Waals surface area contributed by atoms with E-state index in [4.69, 9.17) is 9.47 Å². The molecule has 0 aromatic heterocycles. The van der Waals surface area contributed by atoms with Crippen LogP contribution in [0.5, 0.6) is 0 Å². The maximum atomic E-state index is 5.37. The Morgan fingerprint density at radius 1 is 1.00 bits per heavy atom. The highest BCUT2D eigenvalue weighted by molar-refractivity contribution is 5.03. The van der Waals surface area contributed by atoms with Gasteiger partial charge in [-0.1, -0.05) is 38.0 Å². The van der Waals surface area contributed by atoms with Gasteiger partial charge >= 0.3 is 0 Å². The van der Waals surface area contributed by atoms with Crippen molar-refractivity contribution >= 4 is 0 Å². The summed E-state index contributed by atoms with van der Waals surface area (Å²) in [4.78, 5) is 0. The summed E-state index contributed by atoms with van der Waals surface area (Å²) in [6.45, 7) is 7.49. The van der Waals surface area contributed by atoms with Crippen LogP contribution in [0, 0.1) is 0 Å². The van der Waals surface area contributed by atoms with Gasteiger partial charge in [0.1, 0.15) is 0 Å². The number of ether oxygens (including phenoxy) is 2. The zero-order valence-corrected chi connectivity index (χ0v) is 10.2. The van der Waals surface area contributed by atoms with Gasteiger partial charge in [-0.2, -0.15) is 0 Å². The van der Waals surface area contributed by atoms with E-state index < -0.39 is 0 Å². The smallest absolute Gasteiger partial charge is 0.177 e. The van der Waals surface area contributed by atoms with Crippen molar-refractivity contribution in [1.29, 1.82) is 0 Å². The summed E-state index contributed by atoms with van der Waals surface area (Å²) in [6.07, 6.45) is 11.6. The minimum Gasteiger partial charge on any atom is -0.349 e. The lowest BCUT2D eigenvalue weighted by atomic mass is 10.2. The van der Waals surface area contributed by atoms with Crippen molar-refractivity contribution in [3.05, 3.63) is 24.3 Å². The standard InChI is InChI=1S/C13H24O2/c1-4-7-8-9-10-11-12-13(14-5-2)15-6-3/h9-13H,4-8H2,1-3H3. The van der Waals surface area contributed by atoms with E-state index >= 15 is 0 Å². The molecule has 0 unspecified atom stereocenters. The summed E-state index contributed by atoms with van der Waals surface area (Å²) in [5.41, 5.74) is 0. The van der Waals surface area contributed by atoms with Crippen LogP contribution in [0.25, 0.3) is 0 Å². The second kappa shape index (κ2) is 11.5. The van der Waals surface area contributed by atoms with Crippen molar-refractivity contribution < 1.29 is 9.47 Å². The second-order valence-corrected chi connectivity index (χ2v) is 3.23. The van der Waals surface area contributed by atoms with Gasteiger partial charge in [0.05, 0.1) is 0 Å². The Bertz CT molecular complexity index is 167. The summed E-state index contributed by atoms with van der Waals surface area (Å²) < 4.78 is 10.7. The third-order valence-electron chi connectivity index (χ3n) is 1.90. The summed E-state index contributed by atoms with van der Waals surface area (Å²) >= 11 is 0. The molecule has 0 fully saturated rings. The molecule has 0 aromatic rings. The predicted molar refractivity (Wildman–Crippen MR) is 64.8 cm³/mol. The molecule has 0 rings (SSSR count). The van der Waals surface area contributed by atoms with Crippen molar-refractivity contribution in [3.63, 3.8) is 0 Å². The van der Waals surface area contributed by atoms with Gasteiger partial charge in [0.2, 0.25) is 0 Å². The Morgan fingerprint density at radius 3 is 2.20 bits per heavy atom. The van der Waals surface area contributed by atoms with E-state index in [1.807, 2.05) is 26.0 Å². The van der Waals surface area contributed by atoms with Crippen LogP contribution in [-0.2, 0) is 9.47 Å². The molecule has 0 saturated heterocycles. The van der Waals surface area contributed by atoms with E-state index in [-0.39, 0.29) is 6.29 Å². The summed E-state index contributed by atoms with van der Waals surface area (Å²) in [6, 6.07) is 0. The molecule has 0 aromatic carbocycles. The largest absolute Gasteiger partial charge is 0.349 e. The van der Waals surface area contributed by atoms with Crippen molar-refractivity contribution in [1.82, 2.24) is 0 Å². The maximum absolute atomic E-state index is 5.37. The third-order valence-corrected chi connectivity index (χ3v) is 1.90. The molecular weight excluding hydrogens is 188 g/mol. The van der Waals surface area contributed by atoms with Crippen LogP contribution < -0.4 is 0 Å². The summed E-state index contributed by atoms with van der Waals surface area (Å²) in [5, 5.41) is 0. The van der Waals surface area contributed by atoms with Crippen molar-refractivity contribution in [2.45, 2.75) is 46.3 Å². The van der Waals surface area contributed by atoms with E-state index in [1.54, 1.807) is 0 Å². The first-order chi connectivity index (χ1) is 7.35. The SMILES string of the molecule is CCCCC=CC=CC(OCC)OCC. The second-order valence-electron chi connectivity index (χ2n) is 3.23. The number of allylic oxidation sites excluding steroid dienone is 3. The van der Waals surface area contributed by atoms with Gasteiger partial charge in [-0.15, -0.1) is 0 Å². The quantitative estimate of drug-likeness (QED) is 0.330. The lowest BCUT2D eigenvalue weighted by molar-refractivity contribution is -0.103. The molecule has 0 aliphatic rings.